The van der Waals surface area contributed by atoms with Crippen LogP contribution in [0.15, 0.2) is 47.6 Å². The molecule has 0 fully saturated rings. The zero-order valence-corrected chi connectivity index (χ0v) is 16.5. The van der Waals surface area contributed by atoms with E-state index in [1.54, 1.807) is 25.4 Å². The highest BCUT2D eigenvalue weighted by molar-refractivity contribution is 7.89. The Balaban J connectivity index is 1.91. The maximum Gasteiger partial charge on any atom is 0.258 e. The minimum atomic E-state index is -3.56. The van der Waals surface area contributed by atoms with Crippen molar-refractivity contribution in [3.8, 4) is 5.75 Å². The number of aryl methyl sites for hydroxylation is 1. The smallest absolute Gasteiger partial charge is 0.258 e. The van der Waals surface area contributed by atoms with Crippen molar-refractivity contribution in [2.45, 2.75) is 32.2 Å². The third kappa shape index (κ3) is 6.65. The van der Waals surface area contributed by atoms with E-state index in [0.717, 1.165) is 5.56 Å². The predicted molar refractivity (Wildman–Crippen MR) is 103 cm³/mol. The Labute approximate surface area is 160 Å². The summed E-state index contributed by atoms with van der Waals surface area (Å²) in [6.07, 6.45) is 3.32. The molecule has 0 saturated carbocycles. The quantitative estimate of drug-likeness (QED) is 0.682. The van der Waals surface area contributed by atoms with Gasteiger partial charge >= 0.3 is 0 Å². The Morgan fingerprint density at radius 3 is 2.52 bits per heavy atom. The van der Waals surface area contributed by atoms with Crippen molar-refractivity contribution in [3.05, 3.63) is 53.9 Å². The molecule has 0 aliphatic rings. The SMILES string of the molecule is Cc1cc(S(=O)(=O)NCC(C)C)ccc1OCC(=O)NCc1ccncc1. The first-order chi connectivity index (χ1) is 12.8. The molecule has 0 radical (unpaired) electrons. The first-order valence-electron chi connectivity index (χ1n) is 8.66. The Bertz CT molecular complexity index is 868. The van der Waals surface area contributed by atoms with E-state index in [0.29, 0.717) is 24.4 Å². The van der Waals surface area contributed by atoms with E-state index >= 15 is 0 Å². The zero-order chi connectivity index (χ0) is 19.9. The molecule has 146 valence electrons. The molecular weight excluding hydrogens is 366 g/mol. The lowest BCUT2D eigenvalue weighted by Gasteiger charge is -2.12. The maximum absolute atomic E-state index is 12.3. The van der Waals surface area contributed by atoms with E-state index < -0.39 is 10.0 Å². The minimum absolute atomic E-state index is 0.149. The molecule has 7 nitrogen and oxygen atoms in total. The second-order valence-corrected chi connectivity index (χ2v) is 8.36. The van der Waals surface area contributed by atoms with Gasteiger partial charge in [-0.25, -0.2) is 13.1 Å². The fourth-order valence-corrected chi connectivity index (χ4v) is 3.50. The van der Waals surface area contributed by atoms with Crippen LogP contribution in [0.3, 0.4) is 0 Å². The topological polar surface area (TPSA) is 97.4 Å². The van der Waals surface area contributed by atoms with Crippen LogP contribution in [-0.2, 0) is 21.4 Å². The maximum atomic E-state index is 12.3. The van der Waals surface area contributed by atoms with E-state index in [4.69, 9.17) is 4.74 Å². The van der Waals surface area contributed by atoms with Crippen molar-refractivity contribution in [2.75, 3.05) is 13.2 Å². The van der Waals surface area contributed by atoms with Crippen molar-refractivity contribution in [2.24, 2.45) is 5.92 Å². The molecule has 2 rings (SSSR count). The molecule has 0 bridgehead atoms. The number of amides is 1. The lowest BCUT2D eigenvalue weighted by atomic mass is 10.2. The molecule has 1 amide bonds. The average molecular weight is 391 g/mol. The number of hydrogen-bond acceptors (Lipinski definition) is 5. The van der Waals surface area contributed by atoms with Crippen molar-refractivity contribution >= 4 is 15.9 Å². The van der Waals surface area contributed by atoms with Crippen molar-refractivity contribution in [1.82, 2.24) is 15.0 Å². The highest BCUT2D eigenvalue weighted by Crippen LogP contribution is 2.21. The summed E-state index contributed by atoms with van der Waals surface area (Å²) in [6.45, 7) is 6.23. The average Bonchev–Trinajstić information content (AvgIpc) is 2.64. The number of nitrogens with one attached hydrogen (secondary N) is 2. The Kier molecular flexibility index (Phi) is 7.32. The van der Waals surface area contributed by atoms with Crippen LogP contribution >= 0.6 is 0 Å². The molecule has 8 heteroatoms. The summed E-state index contributed by atoms with van der Waals surface area (Å²) < 4.78 is 32.6. The zero-order valence-electron chi connectivity index (χ0n) is 15.7. The monoisotopic (exact) mass is 391 g/mol. The summed E-state index contributed by atoms with van der Waals surface area (Å²) in [7, 11) is -3.56. The third-order valence-corrected chi connectivity index (χ3v) is 5.16. The van der Waals surface area contributed by atoms with E-state index in [9.17, 15) is 13.2 Å². The van der Waals surface area contributed by atoms with Crippen LogP contribution in [0, 0.1) is 12.8 Å². The predicted octanol–water partition coefficient (Wildman–Crippen LogP) is 2.02. The van der Waals surface area contributed by atoms with Crippen LogP contribution in [0.25, 0.3) is 0 Å². The van der Waals surface area contributed by atoms with Gasteiger partial charge in [-0.15, -0.1) is 0 Å². The molecule has 0 spiro atoms. The van der Waals surface area contributed by atoms with Crippen LogP contribution in [-0.4, -0.2) is 32.5 Å². The Morgan fingerprint density at radius 1 is 1.19 bits per heavy atom. The second-order valence-electron chi connectivity index (χ2n) is 6.59. The number of rotatable bonds is 9. The number of pyridine rings is 1. The summed E-state index contributed by atoms with van der Waals surface area (Å²) in [5, 5.41) is 2.75. The molecule has 2 N–H and O–H groups in total. The van der Waals surface area contributed by atoms with Crippen LogP contribution in [0.1, 0.15) is 25.0 Å². The number of benzene rings is 1. The van der Waals surface area contributed by atoms with Gasteiger partial charge in [-0.2, -0.15) is 0 Å². The Hall–Kier alpha value is -2.45. The van der Waals surface area contributed by atoms with Crippen LogP contribution in [0.2, 0.25) is 0 Å². The van der Waals surface area contributed by atoms with Gasteiger partial charge in [-0.3, -0.25) is 9.78 Å². The largest absolute Gasteiger partial charge is 0.484 e. The molecule has 0 aliphatic carbocycles. The number of ether oxygens (including phenoxy) is 1. The summed E-state index contributed by atoms with van der Waals surface area (Å²) in [5.74, 6) is 0.424. The van der Waals surface area contributed by atoms with Gasteiger partial charge in [0.1, 0.15) is 5.75 Å². The fraction of sp³-hybridized carbons (Fsp3) is 0.368. The number of carbonyl (C=O) groups excluding carboxylic acids is 1. The lowest BCUT2D eigenvalue weighted by Crippen LogP contribution is -2.28. The normalized spacial score (nSPS) is 11.4. The number of nitrogens with zero attached hydrogens (tertiary/aromatic N) is 1. The highest BCUT2D eigenvalue weighted by Gasteiger charge is 2.16. The molecular formula is C19H25N3O4S. The fourth-order valence-electron chi connectivity index (χ4n) is 2.21. The Morgan fingerprint density at radius 2 is 1.89 bits per heavy atom. The van der Waals surface area contributed by atoms with Crippen LogP contribution < -0.4 is 14.8 Å². The summed E-state index contributed by atoms with van der Waals surface area (Å²) >= 11 is 0. The van der Waals surface area contributed by atoms with Gasteiger partial charge in [-0.1, -0.05) is 13.8 Å². The van der Waals surface area contributed by atoms with Gasteiger partial charge in [-0.05, 0) is 54.3 Å². The summed E-state index contributed by atoms with van der Waals surface area (Å²) in [4.78, 5) is 16.0. The van der Waals surface area contributed by atoms with Crippen molar-refractivity contribution < 1.29 is 17.9 Å². The molecule has 1 aromatic heterocycles. The van der Waals surface area contributed by atoms with Crippen LogP contribution in [0.5, 0.6) is 5.75 Å². The van der Waals surface area contributed by atoms with Crippen LogP contribution in [0.4, 0.5) is 0 Å². The van der Waals surface area contributed by atoms with Gasteiger partial charge in [0.25, 0.3) is 5.91 Å². The van der Waals surface area contributed by atoms with E-state index in [1.807, 2.05) is 26.0 Å². The van der Waals surface area contributed by atoms with Crippen molar-refractivity contribution in [1.29, 1.82) is 0 Å². The molecule has 0 atom stereocenters. The van der Waals surface area contributed by atoms with Gasteiger partial charge < -0.3 is 10.1 Å². The first kappa shape index (κ1) is 20.9. The van der Waals surface area contributed by atoms with E-state index in [1.165, 1.54) is 12.1 Å². The lowest BCUT2D eigenvalue weighted by molar-refractivity contribution is -0.123. The summed E-state index contributed by atoms with van der Waals surface area (Å²) in [6, 6.07) is 8.21. The molecule has 1 aromatic carbocycles. The molecule has 0 unspecified atom stereocenters. The highest BCUT2D eigenvalue weighted by atomic mass is 32.2. The van der Waals surface area contributed by atoms with Gasteiger partial charge in [0.15, 0.2) is 6.61 Å². The minimum Gasteiger partial charge on any atom is -0.484 e. The van der Waals surface area contributed by atoms with Crippen molar-refractivity contribution in [3.63, 3.8) is 0 Å². The number of sulfonamides is 1. The second kappa shape index (κ2) is 9.48. The molecule has 2 aromatic rings. The molecule has 0 aliphatic heterocycles. The van der Waals surface area contributed by atoms with E-state index in [2.05, 4.69) is 15.0 Å². The van der Waals surface area contributed by atoms with Gasteiger partial charge in [0.05, 0.1) is 4.90 Å². The molecule has 1 heterocycles. The molecule has 27 heavy (non-hydrogen) atoms. The first-order valence-corrected chi connectivity index (χ1v) is 10.1. The van der Waals surface area contributed by atoms with Gasteiger partial charge in [0.2, 0.25) is 10.0 Å². The summed E-state index contributed by atoms with van der Waals surface area (Å²) in [5.41, 5.74) is 1.59. The number of carbonyl (C=O) groups is 1. The third-order valence-electron chi connectivity index (χ3n) is 3.74. The standard InChI is InChI=1S/C19H25N3O4S/c1-14(2)11-22-27(24,25)17-4-5-18(15(3)10-17)26-13-19(23)21-12-16-6-8-20-9-7-16/h4-10,14,22H,11-13H2,1-3H3,(H,21,23). The molecule has 0 saturated heterocycles. The number of hydrogen-bond donors (Lipinski definition) is 2. The number of aromatic nitrogens is 1. The van der Waals surface area contributed by atoms with Gasteiger partial charge in [0, 0.05) is 25.5 Å². The van der Waals surface area contributed by atoms with E-state index in [-0.39, 0.29) is 23.3 Å².